The lowest BCUT2D eigenvalue weighted by Gasteiger charge is -2.18. The minimum Gasteiger partial charge on any atom is -0.496 e. The largest absolute Gasteiger partial charge is 0.496 e. The second-order valence-corrected chi connectivity index (χ2v) is 6.84. The monoisotopic (exact) mass is 349 g/mol. The first-order chi connectivity index (χ1) is 11.6. The number of benzene rings is 2. The molecule has 2 aromatic rings. The van der Waals surface area contributed by atoms with Crippen molar-refractivity contribution in [1.29, 1.82) is 0 Å². The van der Waals surface area contributed by atoms with E-state index in [0.717, 1.165) is 11.1 Å². The van der Waals surface area contributed by atoms with Gasteiger partial charge in [0.1, 0.15) is 11.5 Å². The Morgan fingerprint density at radius 1 is 0.875 bits per heavy atom. The van der Waals surface area contributed by atoms with Gasteiger partial charge in [-0.1, -0.05) is 36.4 Å². The van der Waals surface area contributed by atoms with E-state index in [-0.39, 0.29) is 13.2 Å². The van der Waals surface area contributed by atoms with Gasteiger partial charge in [-0.05, 0) is 18.4 Å². The maximum Gasteiger partial charge on any atom is 0.276 e. The number of methoxy groups -OCH3 is 2. The van der Waals surface area contributed by atoms with Crippen LogP contribution in [0.1, 0.15) is 11.1 Å². The predicted octanol–water partition coefficient (Wildman–Crippen LogP) is 4.40. The number of rotatable bonds is 9. The molecule has 0 atom stereocenters. The smallest absolute Gasteiger partial charge is 0.276 e. The van der Waals surface area contributed by atoms with Crippen LogP contribution in [0.4, 0.5) is 0 Å². The zero-order valence-electron chi connectivity index (χ0n) is 13.7. The van der Waals surface area contributed by atoms with Crippen molar-refractivity contribution < 1.29 is 18.5 Å². The molecule has 24 heavy (non-hydrogen) atoms. The molecule has 2 aromatic carbocycles. The molecule has 0 aliphatic heterocycles. The summed E-state index contributed by atoms with van der Waals surface area (Å²) >= 11 is 0. The third-order valence-electron chi connectivity index (χ3n) is 3.35. The van der Waals surface area contributed by atoms with Crippen LogP contribution in [0, 0.1) is 4.91 Å². The first kappa shape index (κ1) is 18.2. The van der Waals surface area contributed by atoms with E-state index in [0.29, 0.717) is 11.5 Å². The summed E-state index contributed by atoms with van der Waals surface area (Å²) in [6, 6.07) is 14.7. The Kier molecular flexibility index (Phi) is 6.55. The summed E-state index contributed by atoms with van der Waals surface area (Å²) in [6.45, 7) is 0.248. The molecule has 0 saturated carbocycles. The standard InChI is InChI=1S/C17H20NO5P/c1-20-16-10-6-4-8-14(16)12-22-24(3,18-19)23-13-15-9-5-7-11-17(15)21-2/h4-11H,3,12-13H2,1-2H3. The molecule has 2 rings (SSSR count). The van der Waals surface area contributed by atoms with Crippen molar-refractivity contribution in [3.05, 3.63) is 64.6 Å². The van der Waals surface area contributed by atoms with Crippen molar-refractivity contribution in [2.24, 2.45) is 4.95 Å². The van der Waals surface area contributed by atoms with E-state index in [1.54, 1.807) is 14.2 Å². The zero-order valence-corrected chi connectivity index (χ0v) is 14.6. The zero-order chi connectivity index (χ0) is 17.4. The minimum absolute atomic E-state index is 0.124. The third kappa shape index (κ3) is 4.68. The van der Waals surface area contributed by atoms with E-state index >= 15 is 0 Å². The van der Waals surface area contributed by atoms with Crippen LogP contribution in [0.15, 0.2) is 53.5 Å². The molecule has 0 radical (unpaired) electrons. The molecule has 0 aliphatic carbocycles. The van der Waals surface area contributed by atoms with E-state index in [4.69, 9.17) is 18.5 Å². The average Bonchev–Trinajstić information content (AvgIpc) is 2.65. The molecular formula is C17H20NO5P. The van der Waals surface area contributed by atoms with Gasteiger partial charge < -0.3 is 18.5 Å². The molecule has 0 spiro atoms. The summed E-state index contributed by atoms with van der Waals surface area (Å²) < 4.78 is 21.7. The van der Waals surface area contributed by atoms with Gasteiger partial charge in [-0.3, -0.25) is 0 Å². The van der Waals surface area contributed by atoms with E-state index in [1.165, 1.54) is 0 Å². The molecule has 0 N–H and O–H groups in total. The maximum absolute atomic E-state index is 11.2. The number of hydrogen-bond donors (Lipinski definition) is 0. The topological polar surface area (TPSA) is 66.4 Å². The van der Waals surface area contributed by atoms with E-state index in [2.05, 4.69) is 11.2 Å². The van der Waals surface area contributed by atoms with Crippen molar-refractivity contribution in [2.45, 2.75) is 13.2 Å². The molecule has 7 heteroatoms. The summed E-state index contributed by atoms with van der Waals surface area (Å²) in [6.07, 6.45) is 3.74. The van der Waals surface area contributed by atoms with Crippen molar-refractivity contribution in [3.63, 3.8) is 0 Å². The summed E-state index contributed by atoms with van der Waals surface area (Å²) in [7, 11) is 0.00854. The van der Waals surface area contributed by atoms with Gasteiger partial charge in [-0.15, -0.1) is 4.91 Å². The molecule has 0 aromatic heterocycles. The van der Waals surface area contributed by atoms with Crippen molar-refractivity contribution in [2.75, 3.05) is 14.2 Å². The van der Waals surface area contributed by atoms with Gasteiger partial charge in [0.2, 0.25) is 0 Å². The van der Waals surface area contributed by atoms with Crippen molar-refractivity contribution in [1.82, 2.24) is 0 Å². The van der Waals surface area contributed by atoms with Crippen LogP contribution in [-0.2, 0) is 22.3 Å². The highest BCUT2D eigenvalue weighted by atomic mass is 31.2. The fraction of sp³-hybridized carbons (Fsp3) is 0.235. The Labute approximate surface area is 141 Å². The quantitative estimate of drug-likeness (QED) is 0.496. The summed E-state index contributed by atoms with van der Waals surface area (Å²) in [5, 5.41) is 0. The van der Waals surface area contributed by atoms with E-state index in [9.17, 15) is 4.91 Å². The Morgan fingerprint density at radius 2 is 1.29 bits per heavy atom. The van der Waals surface area contributed by atoms with Gasteiger partial charge in [-0.25, -0.2) is 0 Å². The van der Waals surface area contributed by atoms with Gasteiger partial charge in [-0.2, -0.15) is 0 Å². The van der Waals surface area contributed by atoms with Gasteiger partial charge in [0.15, 0.2) is 0 Å². The Balaban J connectivity index is 2.03. The van der Waals surface area contributed by atoms with Crippen LogP contribution in [0.2, 0.25) is 0 Å². The summed E-state index contributed by atoms with van der Waals surface area (Å²) in [4.78, 5) is 14.2. The van der Waals surface area contributed by atoms with Gasteiger partial charge in [0, 0.05) is 16.1 Å². The lowest BCUT2D eigenvalue weighted by molar-refractivity contribution is 0.227. The second-order valence-electron chi connectivity index (χ2n) is 4.89. The highest BCUT2D eigenvalue weighted by Crippen LogP contribution is 2.51. The molecule has 0 amide bonds. The lowest BCUT2D eigenvalue weighted by atomic mass is 10.2. The fourth-order valence-electron chi connectivity index (χ4n) is 2.07. The molecule has 128 valence electrons. The first-order valence-corrected chi connectivity index (χ1v) is 8.99. The van der Waals surface area contributed by atoms with Crippen LogP contribution >= 0.6 is 7.49 Å². The van der Waals surface area contributed by atoms with Crippen LogP contribution in [-0.4, -0.2) is 20.5 Å². The first-order valence-electron chi connectivity index (χ1n) is 7.23. The number of hydrogen-bond acceptors (Lipinski definition) is 6. The third-order valence-corrected chi connectivity index (χ3v) is 4.67. The molecule has 0 fully saturated rings. The summed E-state index contributed by atoms with van der Waals surface area (Å²) in [5.41, 5.74) is 1.58. The molecule has 0 saturated heterocycles. The highest BCUT2D eigenvalue weighted by molar-refractivity contribution is 7.62. The lowest BCUT2D eigenvalue weighted by Crippen LogP contribution is -1.99. The van der Waals surface area contributed by atoms with Crippen LogP contribution < -0.4 is 9.47 Å². The molecule has 0 bridgehead atoms. The number of nitrogens with zero attached hydrogens (tertiary/aromatic N) is 1. The molecular weight excluding hydrogens is 329 g/mol. The Morgan fingerprint density at radius 3 is 1.67 bits per heavy atom. The number of para-hydroxylation sites is 2. The van der Waals surface area contributed by atoms with Crippen molar-refractivity contribution >= 4 is 13.8 Å². The molecule has 6 nitrogen and oxygen atoms in total. The molecule has 0 aliphatic rings. The van der Waals surface area contributed by atoms with Gasteiger partial charge >= 0.3 is 0 Å². The van der Waals surface area contributed by atoms with Crippen LogP contribution in [0.3, 0.4) is 0 Å². The Bertz CT molecular complexity index is 679. The van der Waals surface area contributed by atoms with E-state index < -0.39 is 7.49 Å². The fourth-order valence-corrected chi connectivity index (χ4v) is 2.92. The predicted molar refractivity (Wildman–Crippen MR) is 95.4 cm³/mol. The molecule has 0 unspecified atom stereocenters. The highest BCUT2D eigenvalue weighted by Gasteiger charge is 2.19. The average molecular weight is 349 g/mol. The number of ether oxygens (including phenoxy) is 2. The van der Waals surface area contributed by atoms with Crippen LogP contribution in [0.5, 0.6) is 11.5 Å². The maximum atomic E-state index is 11.2. The van der Waals surface area contributed by atoms with Gasteiger partial charge in [0.05, 0.1) is 27.4 Å². The SMILES string of the molecule is C=P(N=O)(OCc1ccccc1OC)OCc1ccccc1OC. The Hall–Kier alpha value is -2.14. The molecule has 0 heterocycles. The minimum atomic E-state index is -3.13. The normalized spacial score (nSPS) is 11.1. The summed E-state index contributed by atoms with van der Waals surface area (Å²) in [5.74, 6) is 1.33. The number of nitroso groups, excluding NO2 is 1. The van der Waals surface area contributed by atoms with E-state index in [1.807, 2.05) is 48.5 Å². The van der Waals surface area contributed by atoms with Crippen LogP contribution in [0.25, 0.3) is 0 Å². The van der Waals surface area contributed by atoms with Gasteiger partial charge in [0.25, 0.3) is 7.49 Å². The second kappa shape index (κ2) is 8.64. The van der Waals surface area contributed by atoms with Crippen molar-refractivity contribution in [3.8, 4) is 11.5 Å².